The van der Waals surface area contributed by atoms with Gasteiger partial charge in [-0.15, -0.1) is 0 Å². The molecule has 146 valence electrons. The molecule has 0 bridgehead atoms. The third-order valence-electron chi connectivity index (χ3n) is 3.91. The van der Waals surface area contributed by atoms with Gasteiger partial charge >= 0.3 is 5.97 Å². The first kappa shape index (κ1) is 20.4. The average molecular weight is 379 g/mol. The van der Waals surface area contributed by atoms with E-state index in [4.69, 9.17) is 9.47 Å². The molecule has 0 aliphatic carbocycles. The number of nitrogens with one attached hydrogen (secondary N) is 1. The second-order valence-corrected chi connectivity index (χ2v) is 6.09. The number of anilines is 1. The van der Waals surface area contributed by atoms with Crippen LogP contribution in [-0.4, -0.2) is 58.4 Å². The van der Waals surface area contributed by atoms with E-state index < -0.39 is 48.1 Å². The Balaban J connectivity index is 2.45. The number of methoxy groups -OCH3 is 1. The largest absolute Gasteiger partial charge is 0.507 e. The number of aromatic hydroxyl groups is 1. The van der Waals surface area contributed by atoms with Gasteiger partial charge in [0, 0.05) is 18.6 Å². The van der Waals surface area contributed by atoms with Crippen molar-refractivity contribution < 1.29 is 39.2 Å². The van der Waals surface area contributed by atoms with Crippen LogP contribution in [0.4, 0.5) is 5.69 Å². The molecular weight excluding hydrogens is 358 g/mol. The number of esters is 1. The van der Waals surface area contributed by atoms with E-state index in [0.29, 0.717) is 0 Å². The molecule has 1 aliphatic heterocycles. The topological polar surface area (TPSA) is 142 Å². The molecule has 1 amide bonds. The second kappa shape index (κ2) is 8.65. The van der Waals surface area contributed by atoms with Crippen LogP contribution in [0.2, 0.25) is 0 Å². The number of cyclic esters (lactones) is 1. The molecule has 9 nitrogen and oxygen atoms in total. The zero-order valence-corrected chi connectivity index (χ0v) is 14.8. The number of hydrogen-bond donors (Lipinski definition) is 4. The maximum Gasteiger partial charge on any atom is 0.344 e. The molecule has 0 aromatic heterocycles. The summed E-state index contributed by atoms with van der Waals surface area (Å²) in [5, 5.41) is 32.3. The lowest BCUT2D eigenvalue weighted by Gasteiger charge is -2.19. The number of benzene rings is 1. The lowest BCUT2D eigenvalue weighted by atomic mass is 10.0. The predicted molar refractivity (Wildman–Crippen MR) is 93.6 cm³/mol. The Morgan fingerprint density at radius 2 is 1.93 bits per heavy atom. The Hall–Kier alpha value is -2.91. The lowest BCUT2D eigenvalue weighted by molar-refractivity contribution is -0.130. The minimum Gasteiger partial charge on any atom is -0.507 e. The summed E-state index contributed by atoms with van der Waals surface area (Å²) in [6.07, 6.45) is -2.07. The molecule has 1 aromatic carbocycles. The Kier molecular flexibility index (Phi) is 6.54. The van der Waals surface area contributed by atoms with Crippen LogP contribution in [0.15, 0.2) is 24.3 Å². The molecule has 0 unspecified atom stereocenters. The van der Waals surface area contributed by atoms with Crippen molar-refractivity contribution in [3.8, 4) is 11.5 Å². The number of phenols is 1. The molecule has 1 aliphatic rings. The number of hydrogen-bond acceptors (Lipinski definition) is 8. The molecule has 27 heavy (non-hydrogen) atoms. The molecule has 2 rings (SSSR count). The fourth-order valence-electron chi connectivity index (χ4n) is 2.49. The Labute approximate surface area is 155 Å². The molecule has 1 heterocycles. The normalized spacial score (nSPS) is 25.6. The monoisotopic (exact) mass is 379 g/mol. The molecule has 0 saturated heterocycles. The van der Waals surface area contributed by atoms with Crippen molar-refractivity contribution in [2.75, 3.05) is 12.4 Å². The summed E-state index contributed by atoms with van der Waals surface area (Å²) in [6.45, 7) is 1.57. The smallest absolute Gasteiger partial charge is 0.344 e. The van der Waals surface area contributed by atoms with E-state index in [0.717, 1.165) is 6.08 Å². The van der Waals surface area contributed by atoms with Crippen molar-refractivity contribution >= 4 is 23.3 Å². The van der Waals surface area contributed by atoms with Crippen LogP contribution in [-0.2, 0) is 14.3 Å². The number of aliphatic hydroxyl groups excluding tert-OH is 2. The Bertz CT molecular complexity index is 773. The summed E-state index contributed by atoms with van der Waals surface area (Å²) in [4.78, 5) is 36.4. The van der Waals surface area contributed by atoms with Crippen LogP contribution in [0.1, 0.15) is 30.1 Å². The van der Waals surface area contributed by atoms with Gasteiger partial charge in [0.05, 0.1) is 25.3 Å². The number of phenolic OH excluding ortho intramolecular Hbond substituents is 1. The highest BCUT2D eigenvalue weighted by atomic mass is 16.5. The van der Waals surface area contributed by atoms with E-state index in [1.165, 1.54) is 25.3 Å². The fraction of sp³-hybridized carbons (Fsp3) is 0.389. The van der Waals surface area contributed by atoms with Crippen LogP contribution in [0.25, 0.3) is 0 Å². The highest BCUT2D eigenvalue weighted by Gasteiger charge is 2.27. The molecule has 0 radical (unpaired) electrons. The molecule has 3 atom stereocenters. The van der Waals surface area contributed by atoms with Gasteiger partial charge in [-0.2, -0.15) is 0 Å². The van der Waals surface area contributed by atoms with E-state index in [1.807, 2.05) is 0 Å². The minimum absolute atomic E-state index is 0.0883. The van der Waals surface area contributed by atoms with Gasteiger partial charge in [0.25, 0.3) is 0 Å². The van der Waals surface area contributed by atoms with E-state index in [2.05, 4.69) is 5.32 Å². The van der Waals surface area contributed by atoms with Crippen molar-refractivity contribution in [3.05, 3.63) is 29.8 Å². The van der Waals surface area contributed by atoms with Gasteiger partial charge in [-0.05, 0) is 13.0 Å². The number of ketones is 1. The van der Waals surface area contributed by atoms with Crippen LogP contribution in [0.3, 0.4) is 0 Å². The second-order valence-electron chi connectivity index (χ2n) is 6.09. The SMILES string of the molecule is COc1cc(O)c2c(c1)NC(=O)C[C@H](O)[C@H](O)C(=O)/C=C\C[C@H](C)OC2=O. The first-order chi connectivity index (χ1) is 12.7. The predicted octanol–water partition coefficient (Wildman–Crippen LogP) is 0.525. The highest BCUT2D eigenvalue weighted by Crippen LogP contribution is 2.33. The van der Waals surface area contributed by atoms with E-state index in [-0.39, 0.29) is 23.4 Å². The number of carbonyl (C=O) groups is 3. The zero-order valence-electron chi connectivity index (χ0n) is 14.8. The zero-order chi connectivity index (χ0) is 20.1. The minimum atomic E-state index is -1.77. The first-order valence-electron chi connectivity index (χ1n) is 8.21. The molecule has 0 saturated carbocycles. The van der Waals surface area contributed by atoms with Crippen molar-refractivity contribution in [2.45, 2.75) is 38.1 Å². The number of aliphatic hydroxyl groups is 2. The number of carbonyl (C=O) groups excluding carboxylic acids is 3. The van der Waals surface area contributed by atoms with Gasteiger partial charge in [-0.25, -0.2) is 4.79 Å². The van der Waals surface area contributed by atoms with Gasteiger partial charge in [-0.1, -0.05) is 6.08 Å². The van der Waals surface area contributed by atoms with Crippen molar-refractivity contribution in [1.29, 1.82) is 0 Å². The quantitative estimate of drug-likeness (QED) is 0.518. The third-order valence-corrected chi connectivity index (χ3v) is 3.91. The van der Waals surface area contributed by atoms with Gasteiger partial charge in [0.15, 0.2) is 5.78 Å². The molecular formula is C18H21NO8. The number of ether oxygens (including phenoxy) is 2. The van der Waals surface area contributed by atoms with Crippen molar-refractivity contribution in [2.24, 2.45) is 0 Å². The highest BCUT2D eigenvalue weighted by molar-refractivity contribution is 6.04. The molecule has 9 heteroatoms. The molecule has 4 N–H and O–H groups in total. The molecule has 0 spiro atoms. The number of amides is 1. The number of rotatable bonds is 1. The summed E-state index contributed by atoms with van der Waals surface area (Å²) in [6, 6.07) is 2.50. The Morgan fingerprint density at radius 3 is 2.59 bits per heavy atom. The van der Waals surface area contributed by atoms with Crippen LogP contribution >= 0.6 is 0 Å². The fourth-order valence-corrected chi connectivity index (χ4v) is 2.49. The van der Waals surface area contributed by atoms with E-state index in [9.17, 15) is 29.7 Å². The molecule has 0 fully saturated rings. The maximum atomic E-state index is 12.4. The van der Waals surface area contributed by atoms with Gasteiger partial charge in [-0.3, -0.25) is 9.59 Å². The average Bonchev–Trinajstić information content (AvgIpc) is 2.59. The summed E-state index contributed by atoms with van der Waals surface area (Å²) >= 11 is 0. The van der Waals surface area contributed by atoms with Crippen molar-refractivity contribution in [3.63, 3.8) is 0 Å². The summed E-state index contributed by atoms with van der Waals surface area (Å²) in [5.74, 6) is -2.72. The molecule has 1 aromatic rings. The van der Waals surface area contributed by atoms with Crippen LogP contribution in [0, 0.1) is 0 Å². The summed E-state index contributed by atoms with van der Waals surface area (Å²) in [5.41, 5.74) is -0.363. The van der Waals surface area contributed by atoms with Gasteiger partial charge in [0.1, 0.15) is 29.3 Å². The maximum absolute atomic E-state index is 12.4. The van der Waals surface area contributed by atoms with Crippen LogP contribution < -0.4 is 10.1 Å². The Morgan fingerprint density at radius 1 is 1.22 bits per heavy atom. The van der Waals surface area contributed by atoms with E-state index >= 15 is 0 Å². The van der Waals surface area contributed by atoms with Gasteiger partial charge < -0.3 is 30.1 Å². The summed E-state index contributed by atoms with van der Waals surface area (Å²) < 4.78 is 10.2. The van der Waals surface area contributed by atoms with E-state index in [1.54, 1.807) is 6.92 Å². The van der Waals surface area contributed by atoms with Crippen molar-refractivity contribution in [1.82, 2.24) is 0 Å². The summed E-state index contributed by atoms with van der Waals surface area (Å²) in [7, 11) is 1.34. The third kappa shape index (κ3) is 5.05. The standard InChI is InChI=1S/C18H21NO8/c1-9-4-3-5-12(20)17(24)14(22)8-15(23)19-11-6-10(26-2)7-13(21)16(11)18(25)27-9/h3,5-7,9,14,17,21-22,24H,4,8H2,1-2H3,(H,19,23)/b5-3-/t9-,14-,17+/m0/s1. The van der Waals surface area contributed by atoms with Gasteiger partial charge in [0.2, 0.25) is 5.91 Å². The van der Waals surface area contributed by atoms with Crippen LogP contribution in [0.5, 0.6) is 11.5 Å². The first-order valence-corrected chi connectivity index (χ1v) is 8.21. The number of fused-ring (bicyclic) bond motifs is 1. The lowest BCUT2D eigenvalue weighted by Crippen LogP contribution is -2.36.